The molecule has 0 aliphatic heterocycles. The lowest BCUT2D eigenvalue weighted by atomic mass is 9.96. The molecule has 6 aromatic rings. The number of carbonyl (C=O) groups is 2. The van der Waals surface area contributed by atoms with Crippen molar-refractivity contribution in [1.82, 2.24) is 44.8 Å². The Kier molecular flexibility index (Phi) is 14.7. The normalized spacial score (nSPS) is 10.8. The van der Waals surface area contributed by atoms with Gasteiger partial charge in [-0.2, -0.15) is 20.7 Å². The van der Waals surface area contributed by atoms with Crippen LogP contribution in [0.4, 0.5) is 23.3 Å². The summed E-state index contributed by atoms with van der Waals surface area (Å²) < 4.78 is 3.38. The number of carboxylic acid groups (broad SMARTS) is 1. The highest BCUT2D eigenvalue weighted by Gasteiger charge is 2.18. The summed E-state index contributed by atoms with van der Waals surface area (Å²) in [6.07, 6.45) is 10.5. The minimum atomic E-state index is -0.949. The van der Waals surface area contributed by atoms with Crippen molar-refractivity contribution in [2.75, 3.05) is 23.7 Å². The van der Waals surface area contributed by atoms with Gasteiger partial charge in [0.1, 0.15) is 0 Å². The highest BCUT2D eigenvalue weighted by molar-refractivity contribution is 5.94. The number of benzene rings is 2. The molecule has 0 spiro atoms. The number of nitriles is 2. The number of rotatable bonds is 11. The van der Waals surface area contributed by atoms with Crippen molar-refractivity contribution in [2.24, 2.45) is 30.7 Å². The van der Waals surface area contributed by atoms with E-state index >= 15 is 0 Å². The van der Waals surface area contributed by atoms with Gasteiger partial charge in [-0.15, -0.1) is 0 Å². The Bertz CT molecular complexity index is 2460. The van der Waals surface area contributed by atoms with Gasteiger partial charge in [-0.1, -0.05) is 24.3 Å². The van der Waals surface area contributed by atoms with E-state index in [1.165, 1.54) is 0 Å². The number of aromatic carboxylic acids is 1. The monoisotopic (exact) mass is 796 g/mol. The number of aryl methyl sites for hydroxylation is 4. The van der Waals surface area contributed by atoms with E-state index in [0.717, 1.165) is 45.0 Å². The predicted octanol–water partition coefficient (Wildman–Crippen LogP) is 6.33. The molecule has 0 bridgehead atoms. The Morgan fingerprint density at radius 3 is 1.47 bits per heavy atom. The summed E-state index contributed by atoms with van der Waals surface area (Å²) in [6.45, 7) is 11.8. The van der Waals surface area contributed by atoms with Crippen LogP contribution in [0, 0.1) is 47.3 Å². The van der Waals surface area contributed by atoms with Crippen molar-refractivity contribution in [3.8, 4) is 34.7 Å². The molecular weight excluding hydrogens is 749 g/mol. The lowest BCUT2D eigenvalue weighted by molar-refractivity contribution is 0.0696. The fraction of sp³-hybridized carbons (Fsp3) is 0.286. The summed E-state index contributed by atoms with van der Waals surface area (Å²) >= 11 is 0. The Morgan fingerprint density at radius 1 is 0.712 bits per heavy atom. The topological polar surface area (TPSA) is 251 Å². The molecule has 0 saturated carbocycles. The number of amides is 1. The molecular formula is C42H48N14O3. The first-order chi connectivity index (χ1) is 27.9. The molecule has 17 nitrogen and oxygen atoms in total. The van der Waals surface area contributed by atoms with Gasteiger partial charge in [-0.3, -0.25) is 14.2 Å². The Labute approximate surface area is 343 Å². The van der Waals surface area contributed by atoms with E-state index in [2.05, 4.69) is 58.2 Å². The molecule has 0 fully saturated rings. The van der Waals surface area contributed by atoms with Gasteiger partial charge in [0.05, 0.1) is 63.7 Å². The second-order valence-electron chi connectivity index (χ2n) is 14.8. The lowest BCUT2D eigenvalue weighted by Crippen LogP contribution is -2.33. The summed E-state index contributed by atoms with van der Waals surface area (Å²) in [5.74, 6) is -0.229. The third kappa shape index (κ3) is 13.0. The van der Waals surface area contributed by atoms with Crippen molar-refractivity contribution in [1.29, 1.82) is 10.5 Å². The van der Waals surface area contributed by atoms with Crippen LogP contribution in [0.25, 0.3) is 22.5 Å². The fourth-order valence-electron chi connectivity index (χ4n) is 4.86. The van der Waals surface area contributed by atoms with Gasteiger partial charge in [-0.05, 0) is 76.9 Å². The number of carbonyl (C=O) groups excluding carboxylic acids is 1. The quantitative estimate of drug-likeness (QED) is 0.0961. The molecule has 0 aliphatic carbocycles. The number of nitrogens with two attached hydrogens (primary N) is 1. The van der Waals surface area contributed by atoms with Crippen LogP contribution in [-0.2, 0) is 14.1 Å². The molecule has 4 heterocycles. The zero-order chi connectivity index (χ0) is 43.3. The summed E-state index contributed by atoms with van der Waals surface area (Å²) in [7, 11) is 3.67. The van der Waals surface area contributed by atoms with Gasteiger partial charge >= 0.3 is 5.97 Å². The Balaban J connectivity index is 0.000000229. The van der Waals surface area contributed by atoms with Crippen LogP contribution < -0.4 is 21.7 Å². The predicted molar refractivity (Wildman–Crippen MR) is 225 cm³/mol. The molecule has 59 heavy (non-hydrogen) atoms. The van der Waals surface area contributed by atoms with E-state index in [9.17, 15) is 9.59 Å². The van der Waals surface area contributed by atoms with Crippen molar-refractivity contribution < 1.29 is 14.7 Å². The number of nitrogens with zero attached hydrogens (tertiary/aromatic N) is 10. The zero-order valence-electron chi connectivity index (χ0n) is 34.3. The van der Waals surface area contributed by atoms with Gasteiger partial charge in [0.2, 0.25) is 11.9 Å². The van der Waals surface area contributed by atoms with Crippen molar-refractivity contribution in [3.63, 3.8) is 0 Å². The molecule has 0 saturated heterocycles. The third-order valence-electron chi connectivity index (χ3n) is 8.50. The molecule has 0 atom stereocenters. The number of anilines is 4. The molecule has 4 aromatic heterocycles. The first-order valence-corrected chi connectivity index (χ1v) is 18.4. The maximum absolute atomic E-state index is 12.3. The first kappa shape index (κ1) is 44.2. The van der Waals surface area contributed by atoms with Crippen molar-refractivity contribution >= 4 is 35.1 Å². The average molecular weight is 797 g/mol. The SMILES string of the molecule is CC(C)(C#N)CN.Cc1cnc(Nc2cnn(C)c2)nc1-c1ccc(C(=O)NCC(C)(C)C#N)cc1.Cc1cnc(Nc2cnn(C)c2)nc1-c1ccc(C(=O)O)cc1. The van der Waals surface area contributed by atoms with Crippen LogP contribution in [0.1, 0.15) is 59.5 Å². The molecule has 0 aliphatic rings. The van der Waals surface area contributed by atoms with Gasteiger partial charge in [0.15, 0.2) is 0 Å². The number of hydrogen-bond donors (Lipinski definition) is 5. The van der Waals surface area contributed by atoms with Gasteiger partial charge in [0, 0.05) is 68.7 Å². The standard InChI is InChI=1S/C21H23N7O.C16H15N5O2.C5H10N2/c1-14-9-23-20(26-17-10-25-28(4)11-17)27-18(14)15-5-7-16(8-6-15)19(29)24-13-21(2,3)12-22;1-10-7-17-16(19-13-8-18-21(2)9-13)20-14(10)11-3-5-12(6-4-11)15(22)23;1-5(2,3-6)4-7/h5-11H,13H2,1-4H3,(H,24,29)(H,23,26,27);3-9H,1-2H3,(H,22,23)(H,17,19,20);3,6H2,1-2H3. The lowest BCUT2D eigenvalue weighted by Gasteiger charge is -2.16. The Hall–Kier alpha value is -7.50. The highest BCUT2D eigenvalue weighted by Crippen LogP contribution is 2.25. The molecule has 304 valence electrons. The first-order valence-electron chi connectivity index (χ1n) is 18.4. The summed E-state index contributed by atoms with van der Waals surface area (Å²) in [6, 6.07) is 18.1. The molecule has 6 rings (SSSR count). The van der Waals surface area contributed by atoms with Crippen molar-refractivity contribution in [3.05, 3.63) is 108 Å². The molecule has 0 unspecified atom stereocenters. The summed E-state index contributed by atoms with van der Waals surface area (Å²) in [5.41, 5.74) is 11.7. The van der Waals surface area contributed by atoms with E-state index in [1.807, 2.05) is 66.3 Å². The zero-order valence-corrected chi connectivity index (χ0v) is 34.3. The average Bonchev–Trinajstić information content (AvgIpc) is 3.84. The largest absolute Gasteiger partial charge is 0.478 e. The van der Waals surface area contributed by atoms with Crippen LogP contribution in [0.3, 0.4) is 0 Å². The van der Waals surface area contributed by atoms with Gasteiger partial charge in [0.25, 0.3) is 5.91 Å². The van der Waals surface area contributed by atoms with E-state index in [1.54, 1.807) is 84.4 Å². The van der Waals surface area contributed by atoms with E-state index in [0.29, 0.717) is 30.5 Å². The Morgan fingerprint density at radius 2 is 1.14 bits per heavy atom. The fourth-order valence-corrected chi connectivity index (χ4v) is 4.86. The summed E-state index contributed by atoms with van der Waals surface area (Å²) in [5, 5.41) is 43.5. The molecule has 1 amide bonds. The van der Waals surface area contributed by atoms with Crippen LogP contribution >= 0.6 is 0 Å². The third-order valence-corrected chi connectivity index (χ3v) is 8.50. The van der Waals surface area contributed by atoms with Crippen molar-refractivity contribution in [2.45, 2.75) is 41.5 Å². The second kappa shape index (κ2) is 19.6. The smallest absolute Gasteiger partial charge is 0.335 e. The number of nitrogens with one attached hydrogen (secondary N) is 3. The minimum Gasteiger partial charge on any atom is -0.478 e. The molecule has 0 radical (unpaired) electrons. The number of hydrogen-bond acceptors (Lipinski definition) is 13. The second-order valence-corrected chi connectivity index (χ2v) is 14.8. The molecule has 2 aromatic carbocycles. The van der Waals surface area contributed by atoms with Gasteiger partial charge in [-0.25, -0.2) is 24.7 Å². The summed E-state index contributed by atoms with van der Waals surface area (Å²) in [4.78, 5) is 41.0. The maximum atomic E-state index is 12.3. The van der Waals surface area contributed by atoms with Gasteiger partial charge < -0.3 is 26.8 Å². The minimum absolute atomic E-state index is 0.210. The van der Waals surface area contributed by atoms with E-state index in [4.69, 9.17) is 21.4 Å². The molecule has 17 heteroatoms. The van der Waals surface area contributed by atoms with Crippen LogP contribution in [-0.4, -0.2) is 69.6 Å². The van der Waals surface area contributed by atoms with Crippen LogP contribution in [0.2, 0.25) is 0 Å². The van der Waals surface area contributed by atoms with E-state index in [-0.39, 0.29) is 16.9 Å². The van der Waals surface area contributed by atoms with E-state index < -0.39 is 11.4 Å². The van der Waals surface area contributed by atoms with Crippen LogP contribution in [0.15, 0.2) is 85.7 Å². The van der Waals surface area contributed by atoms with Crippen LogP contribution in [0.5, 0.6) is 0 Å². The number of carboxylic acids is 1. The highest BCUT2D eigenvalue weighted by atomic mass is 16.4. The maximum Gasteiger partial charge on any atom is 0.335 e. The molecule has 6 N–H and O–H groups in total. The number of aromatic nitrogens is 8.